The lowest BCUT2D eigenvalue weighted by Crippen LogP contribution is -2.18. The number of fused-ring (bicyclic) bond motifs is 1. The predicted octanol–water partition coefficient (Wildman–Crippen LogP) is 4.11. The van der Waals surface area contributed by atoms with E-state index < -0.39 is 0 Å². The molecule has 1 heterocycles. The number of benzene rings is 2. The van der Waals surface area contributed by atoms with Gasteiger partial charge in [-0.05, 0) is 37.5 Å². The highest BCUT2D eigenvalue weighted by atomic mass is 32.2. The van der Waals surface area contributed by atoms with Crippen LogP contribution in [-0.4, -0.2) is 12.4 Å². The Kier molecular flexibility index (Phi) is 4.51. The van der Waals surface area contributed by atoms with Crippen LogP contribution in [0.4, 0.5) is 0 Å². The van der Waals surface area contributed by atoms with Crippen molar-refractivity contribution in [2.45, 2.75) is 30.7 Å². The van der Waals surface area contributed by atoms with Crippen LogP contribution in [0.2, 0.25) is 0 Å². The molecule has 0 saturated carbocycles. The molecule has 21 heavy (non-hydrogen) atoms. The Labute approximate surface area is 130 Å². The second kappa shape index (κ2) is 6.54. The van der Waals surface area contributed by atoms with Crippen molar-refractivity contribution in [3.63, 3.8) is 0 Å². The molecule has 3 rings (SSSR count). The van der Waals surface area contributed by atoms with Gasteiger partial charge in [0.25, 0.3) is 0 Å². The van der Waals surface area contributed by atoms with Gasteiger partial charge in [-0.15, -0.1) is 11.8 Å². The lowest BCUT2D eigenvalue weighted by Gasteiger charge is -2.23. The molecule has 0 saturated heterocycles. The van der Waals surface area contributed by atoms with Crippen LogP contribution in [0, 0.1) is 6.92 Å². The molecule has 1 aliphatic rings. The first-order valence-electron chi connectivity index (χ1n) is 7.43. The van der Waals surface area contributed by atoms with E-state index in [9.17, 15) is 0 Å². The second-order valence-electron chi connectivity index (χ2n) is 5.52. The molecule has 0 fully saturated rings. The van der Waals surface area contributed by atoms with E-state index in [0.717, 1.165) is 36.5 Å². The van der Waals surface area contributed by atoms with Gasteiger partial charge in [0, 0.05) is 22.3 Å². The smallest absolute Gasteiger partial charge is 0.127 e. The fourth-order valence-corrected chi connectivity index (χ4v) is 3.68. The Morgan fingerprint density at radius 1 is 1.24 bits per heavy atom. The standard InChI is InChI=1S/C18H21NOS/c1-13-5-2-8-15(11-13)21-12-17(19)16-9-3-6-14-7-4-10-20-18(14)16/h2-3,5-6,8-9,11,17H,4,7,10,12,19H2,1H3. The topological polar surface area (TPSA) is 35.2 Å². The molecule has 0 aromatic heterocycles. The maximum Gasteiger partial charge on any atom is 0.127 e. The quantitative estimate of drug-likeness (QED) is 0.863. The lowest BCUT2D eigenvalue weighted by atomic mass is 9.99. The van der Waals surface area contributed by atoms with Gasteiger partial charge in [-0.2, -0.15) is 0 Å². The third-order valence-electron chi connectivity index (χ3n) is 3.78. The fourth-order valence-electron chi connectivity index (χ4n) is 2.69. The predicted molar refractivity (Wildman–Crippen MR) is 89.1 cm³/mol. The number of aryl methyl sites for hydroxylation is 2. The highest BCUT2D eigenvalue weighted by molar-refractivity contribution is 7.99. The van der Waals surface area contributed by atoms with Gasteiger partial charge in [-0.3, -0.25) is 0 Å². The summed E-state index contributed by atoms with van der Waals surface area (Å²) in [5.41, 5.74) is 10.1. The van der Waals surface area contributed by atoms with E-state index in [1.165, 1.54) is 16.0 Å². The molecule has 2 aromatic rings. The van der Waals surface area contributed by atoms with Crippen LogP contribution in [0.25, 0.3) is 0 Å². The number of ether oxygens (including phenoxy) is 1. The average Bonchev–Trinajstić information content (AvgIpc) is 2.52. The first kappa shape index (κ1) is 14.5. The van der Waals surface area contributed by atoms with E-state index in [0.29, 0.717) is 0 Å². The summed E-state index contributed by atoms with van der Waals surface area (Å²) in [6, 6.07) is 14.9. The molecule has 0 bridgehead atoms. The normalized spacial score (nSPS) is 15.1. The van der Waals surface area contributed by atoms with Crippen LogP contribution in [0.5, 0.6) is 5.75 Å². The molecule has 0 amide bonds. The molecule has 1 aliphatic heterocycles. The van der Waals surface area contributed by atoms with Crippen LogP contribution in [0.1, 0.15) is 29.2 Å². The Morgan fingerprint density at radius 2 is 2.10 bits per heavy atom. The van der Waals surface area contributed by atoms with Crippen LogP contribution < -0.4 is 10.5 Å². The number of rotatable bonds is 4. The van der Waals surface area contributed by atoms with Gasteiger partial charge in [0.2, 0.25) is 0 Å². The number of thioether (sulfide) groups is 1. The highest BCUT2D eigenvalue weighted by Gasteiger charge is 2.18. The third kappa shape index (κ3) is 3.42. The van der Waals surface area contributed by atoms with E-state index in [4.69, 9.17) is 10.5 Å². The van der Waals surface area contributed by atoms with Crippen LogP contribution >= 0.6 is 11.8 Å². The van der Waals surface area contributed by atoms with Crippen molar-refractivity contribution in [3.05, 3.63) is 59.2 Å². The van der Waals surface area contributed by atoms with Crippen LogP contribution in [-0.2, 0) is 6.42 Å². The van der Waals surface area contributed by atoms with Gasteiger partial charge in [0.1, 0.15) is 5.75 Å². The first-order chi connectivity index (χ1) is 10.2. The first-order valence-corrected chi connectivity index (χ1v) is 8.42. The van der Waals surface area contributed by atoms with Crippen molar-refractivity contribution in [1.82, 2.24) is 0 Å². The number of hydrogen-bond acceptors (Lipinski definition) is 3. The van der Waals surface area contributed by atoms with Crippen molar-refractivity contribution in [3.8, 4) is 5.75 Å². The summed E-state index contributed by atoms with van der Waals surface area (Å²) in [5, 5.41) is 0. The van der Waals surface area contributed by atoms with E-state index in [1.807, 2.05) is 11.8 Å². The van der Waals surface area contributed by atoms with Crippen molar-refractivity contribution >= 4 is 11.8 Å². The zero-order valence-electron chi connectivity index (χ0n) is 12.3. The monoisotopic (exact) mass is 299 g/mol. The minimum Gasteiger partial charge on any atom is -0.493 e. The molecule has 110 valence electrons. The van der Waals surface area contributed by atoms with E-state index >= 15 is 0 Å². The maximum atomic E-state index is 6.40. The molecule has 2 nitrogen and oxygen atoms in total. The molecule has 1 unspecified atom stereocenters. The van der Waals surface area contributed by atoms with Gasteiger partial charge < -0.3 is 10.5 Å². The SMILES string of the molecule is Cc1cccc(SCC(N)c2cccc3c2OCCC3)c1. The zero-order chi connectivity index (χ0) is 14.7. The largest absolute Gasteiger partial charge is 0.493 e. The van der Waals surface area contributed by atoms with E-state index in [2.05, 4.69) is 49.4 Å². The maximum absolute atomic E-state index is 6.40. The summed E-state index contributed by atoms with van der Waals surface area (Å²) < 4.78 is 5.86. The lowest BCUT2D eigenvalue weighted by molar-refractivity contribution is 0.284. The zero-order valence-corrected chi connectivity index (χ0v) is 13.2. The molecule has 2 aromatic carbocycles. The molecular formula is C18H21NOS. The third-order valence-corrected chi connectivity index (χ3v) is 4.90. The van der Waals surface area contributed by atoms with Crippen molar-refractivity contribution in [2.75, 3.05) is 12.4 Å². The molecule has 3 heteroatoms. The Morgan fingerprint density at radius 3 is 2.95 bits per heavy atom. The summed E-state index contributed by atoms with van der Waals surface area (Å²) in [6.45, 7) is 2.92. The second-order valence-corrected chi connectivity index (χ2v) is 6.61. The number of hydrogen-bond donors (Lipinski definition) is 1. The van der Waals surface area contributed by atoms with E-state index in [-0.39, 0.29) is 6.04 Å². The Hall–Kier alpha value is -1.45. The number of para-hydroxylation sites is 1. The van der Waals surface area contributed by atoms with Gasteiger partial charge in [0.05, 0.1) is 6.61 Å². The van der Waals surface area contributed by atoms with Gasteiger partial charge in [-0.1, -0.05) is 35.9 Å². The van der Waals surface area contributed by atoms with Crippen molar-refractivity contribution < 1.29 is 4.74 Å². The van der Waals surface area contributed by atoms with Gasteiger partial charge in [0.15, 0.2) is 0 Å². The molecule has 1 atom stereocenters. The van der Waals surface area contributed by atoms with Gasteiger partial charge >= 0.3 is 0 Å². The molecule has 0 spiro atoms. The fraction of sp³-hybridized carbons (Fsp3) is 0.333. The van der Waals surface area contributed by atoms with Crippen LogP contribution in [0.3, 0.4) is 0 Å². The summed E-state index contributed by atoms with van der Waals surface area (Å²) >= 11 is 1.81. The van der Waals surface area contributed by atoms with E-state index in [1.54, 1.807) is 0 Å². The summed E-state index contributed by atoms with van der Waals surface area (Å²) in [5.74, 6) is 1.89. The van der Waals surface area contributed by atoms with Crippen molar-refractivity contribution in [2.24, 2.45) is 5.73 Å². The molecular weight excluding hydrogens is 278 g/mol. The molecule has 2 N–H and O–H groups in total. The van der Waals surface area contributed by atoms with Gasteiger partial charge in [-0.25, -0.2) is 0 Å². The average molecular weight is 299 g/mol. The van der Waals surface area contributed by atoms with Crippen molar-refractivity contribution in [1.29, 1.82) is 0 Å². The number of nitrogens with two attached hydrogens (primary N) is 1. The summed E-state index contributed by atoms with van der Waals surface area (Å²) in [4.78, 5) is 1.27. The Balaban J connectivity index is 1.72. The molecule has 0 radical (unpaired) electrons. The van der Waals surface area contributed by atoms with Crippen LogP contribution in [0.15, 0.2) is 47.4 Å². The summed E-state index contributed by atoms with van der Waals surface area (Å²) in [7, 11) is 0. The highest BCUT2D eigenvalue weighted by Crippen LogP contribution is 2.34. The minimum atomic E-state index is 0.00330. The molecule has 0 aliphatic carbocycles. The summed E-state index contributed by atoms with van der Waals surface area (Å²) in [6.07, 6.45) is 2.20. The minimum absolute atomic E-state index is 0.00330. The Bertz CT molecular complexity index is 626.